The van der Waals surface area contributed by atoms with Crippen molar-refractivity contribution in [2.24, 2.45) is 0 Å². The van der Waals surface area contributed by atoms with Crippen LogP contribution in [0.1, 0.15) is 52.3 Å². The molecule has 1 N–H and O–H groups in total. The monoisotopic (exact) mass is 280 g/mol. The van der Waals surface area contributed by atoms with Crippen LogP contribution >= 0.6 is 0 Å². The molecule has 112 valence electrons. The smallest absolute Gasteiger partial charge is 0.232 e. The molecule has 0 spiro atoms. The summed E-state index contributed by atoms with van der Waals surface area (Å²) in [6.07, 6.45) is 2.12. The second-order valence-corrected chi connectivity index (χ2v) is 6.54. The summed E-state index contributed by atoms with van der Waals surface area (Å²) in [6, 6.07) is 0.232. The first-order valence-electron chi connectivity index (χ1n) is 7.17. The fourth-order valence-corrected chi connectivity index (χ4v) is 2.43. The number of nitrogens with one attached hydrogen (secondary N) is 1. The molecule has 1 aliphatic heterocycles. The Kier molecular flexibility index (Phi) is 4.42. The van der Waals surface area contributed by atoms with E-state index in [2.05, 4.69) is 41.1 Å². The van der Waals surface area contributed by atoms with Gasteiger partial charge in [-0.2, -0.15) is 4.98 Å². The van der Waals surface area contributed by atoms with Gasteiger partial charge in [0.25, 0.3) is 0 Å². The Bertz CT molecular complexity index is 464. The van der Waals surface area contributed by atoms with Crippen LogP contribution in [0.15, 0.2) is 4.52 Å². The van der Waals surface area contributed by atoms with Crippen molar-refractivity contribution in [2.45, 2.75) is 58.5 Å². The van der Waals surface area contributed by atoms with E-state index in [9.17, 15) is 4.79 Å². The van der Waals surface area contributed by atoms with Crippen LogP contribution < -0.4 is 5.32 Å². The van der Waals surface area contributed by atoms with E-state index in [4.69, 9.17) is 4.52 Å². The van der Waals surface area contributed by atoms with Gasteiger partial charge < -0.3 is 9.84 Å². The van der Waals surface area contributed by atoms with Crippen molar-refractivity contribution in [3.05, 3.63) is 11.7 Å². The number of likely N-dealkylation sites (tertiary alicyclic amines) is 1. The first-order valence-corrected chi connectivity index (χ1v) is 7.17. The predicted octanol–water partition coefficient (Wildman–Crippen LogP) is 1.47. The van der Waals surface area contributed by atoms with E-state index in [1.807, 2.05) is 0 Å². The fraction of sp³-hybridized carbons (Fsp3) is 0.786. The summed E-state index contributed by atoms with van der Waals surface area (Å²) >= 11 is 0. The van der Waals surface area contributed by atoms with Crippen molar-refractivity contribution >= 4 is 5.91 Å². The molecule has 0 aliphatic carbocycles. The Morgan fingerprint density at radius 1 is 1.50 bits per heavy atom. The van der Waals surface area contributed by atoms with Crippen molar-refractivity contribution in [3.63, 3.8) is 0 Å². The number of rotatable bonds is 3. The molecule has 1 aromatic heterocycles. The molecule has 0 radical (unpaired) electrons. The molecule has 1 saturated heterocycles. The average molecular weight is 280 g/mol. The van der Waals surface area contributed by atoms with E-state index in [1.165, 1.54) is 0 Å². The third-order valence-corrected chi connectivity index (χ3v) is 3.39. The maximum absolute atomic E-state index is 11.1. The maximum atomic E-state index is 11.1. The van der Waals surface area contributed by atoms with Gasteiger partial charge in [-0.05, 0) is 19.4 Å². The lowest BCUT2D eigenvalue weighted by molar-refractivity contribution is -0.120. The van der Waals surface area contributed by atoms with E-state index >= 15 is 0 Å². The highest BCUT2D eigenvalue weighted by atomic mass is 16.5. The van der Waals surface area contributed by atoms with Crippen LogP contribution in [0.3, 0.4) is 0 Å². The van der Waals surface area contributed by atoms with Gasteiger partial charge in [0.2, 0.25) is 11.8 Å². The van der Waals surface area contributed by atoms with Crippen molar-refractivity contribution in [1.82, 2.24) is 20.4 Å². The van der Waals surface area contributed by atoms with E-state index in [1.54, 1.807) is 6.92 Å². The van der Waals surface area contributed by atoms with Gasteiger partial charge in [-0.25, -0.2) is 0 Å². The van der Waals surface area contributed by atoms with Crippen LogP contribution in [-0.2, 0) is 16.8 Å². The number of piperidine rings is 1. The van der Waals surface area contributed by atoms with Gasteiger partial charge in [-0.15, -0.1) is 0 Å². The molecule has 1 aliphatic rings. The van der Waals surface area contributed by atoms with Crippen LogP contribution in [0.5, 0.6) is 0 Å². The number of amides is 1. The number of aromatic nitrogens is 2. The topological polar surface area (TPSA) is 71.3 Å². The largest absolute Gasteiger partial charge is 0.352 e. The Morgan fingerprint density at radius 3 is 2.85 bits per heavy atom. The summed E-state index contributed by atoms with van der Waals surface area (Å²) < 4.78 is 5.30. The third-order valence-electron chi connectivity index (χ3n) is 3.39. The minimum Gasteiger partial charge on any atom is -0.352 e. The minimum absolute atomic E-state index is 0.0337. The molecule has 0 aromatic carbocycles. The van der Waals surface area contributed by atoms with Gasteiger partial charge >= 0.3 is 0 Å². The molecule has 1 aromatic rings. The molecule has 1 amide bonds. The van der Waals surface area contributed by atoms with Gasteiger partial charge in [-0.3, -0.25) is 9.69 Å². The zero-order valence-corrected chi connectivity index (χ0v) is 12.8. The van der Waals surface area contributed by atoms with Crippen LogP contribution in [-0.4, -0.2) is 40.1 Å². The van der Waals surface area contributed by atoms with Crippen LogP contribution in [0.25, 0.3) is 0 Å². The van der Waals surface area contributed by atoms with Crippen molar-refractivity contribution in [2.75, 3.05) is 13.1 Å². The van der Waals surface area contributed by atoms with E-state index in [0.717, 1.165) is 31.8 Å². The SMILES string of the molecule is CC(=O)N[C@H]1CCCN(Cc2noc(C(C)(C)C)n2)C1. The van der Waals surface area contributed by atoms with Crippen molar-refractivity contribution < 1.29 is 9.32 Å². The quantitative estimate of drug-likeness (QED) is 0.907. The van der Waals surface area contributed by atoms with Gasteiger partial charge in [0.15, 0.2) is 5.82 Å². The van der Waals surface area contributed by atoms with Gasteiger partial charge in [0, 0.05) is 24.9 Å². The normalized spacial score (nSPS) is 20.9. The molecule has 6 heteroatoms. The van der Waals surface area contributed by atoms with E-state index in [0.29, 0.717) is 12.4 Å². The summed E-state index contributed by atoms with van der Waals surface area (Å²) in [7, 11) is 0. The molecule has 0 saturated carbocycles. The molecule has 1 atom stereocenters. The highest BCUT2D eigenvalue weighted by molar-refractivity contribution is 5.73. The summed E-state index contributed by atoms with van der Waals surface area (Å²) in [5.74, 6) is 1.42. The highest BCUT2D eigenvalue weighted by Gasteiger charge is 2.24. The van der Waals surface area contributed by atoms with Crippen LogP contribution in [0, 0.1) is 0 Å². The number of carbonyl (C=O) groups is 1. The Morgan fingerprint density at radius 2 is 2.25 bits per heavy atom. The number of carbonyl (C=O) groups excluding carboxylic acids is 1. The van der Waals surface area contributed by atoms with Gasteiger partial charge in [0.1, 0.15) is 0 Å². The summed E-state index contributed by atoms with van der Waals surface area (Å²) in [6.45, 7) is 10.3. The zero-order valence-electron chi connectivity index (χ0n) is 12.8. The molecule has 2 rings (SSSR count). The maximum Gasteiger partial charge on any atom is 0.232 e. The molecule has 1 fully saturated rings. The fourth-order valence-electron chi connectivity index (χ4n) is 2.43. The molecule has 0 bridgehead atoms. The summed E-state index contributed by atoms with van der Waals surface area (Å²) in [5, 5.41) is 7.03. The lowest BCUT2D eigenvalue weighted by atomic mass is 9.97. The van der Waals surface area contributed by atoms with Gasteiger partial charge in [0.05, 0.1) is 6.54 Å². The van der Waals surface area contributed by atoms with E-state index < -0.39 is 0 Å². The standard InChI is InChI=1S/C14H24N4O2/c1-10(19)15-11-6-5-7-18(8-11)9-12-16-13(20-17-12)14(2,3)4/h11H,5-9H2,1-4H3,(H,15,19)/t11-/m0/s1. The average Bonchev–Trinajstić information content (AvgIpc) is 2.76. The second-order valence-electron chi connectivity index (χ2n) is 6.54. The molecule has 0 unspecified atom stereocenters. The Hall–Kier alpha value is -1.43. The van der Waals surface area contributed by atoms with Crippen LogP contribution in [0.2, 0.25) is 0 Å². The molecular formula is C14H24N4O2. The van der Waals surface area contributed by atoms with Gasteiger partial charge in [-0.1, -0.05) is 25.9 Å². The minimum atomic E-state index is -0.119. The third kappa shape index (κ3) is 4.03. The lowest BCUT2D eigenvalue weighted by Crippen LogP contribution is -2.46. The number of hydrogen-bond acceptors (Lipinski definition) is 5. The number of nitrogens with zero attached hydrogens (tertiary/aromatic N) is 3. The van der Waals surface area contributed by atoms with Crippen molar-refractivity contribution in [1.29, 1.82) is 0 Å². The molecular weight excluding hydrogens is 256 g/mol. The van der Waals surface area contributed by atoms with Crippen LogP contribution in [0.4, 0.5) is 0 Å². The second kappa shape index (κ2) is 5.91. The molecule has 20 heavy (non-hydrogen) atoms. The highest BCUT2D eigenvalue weighted by Crippen LogP contribution is 2.20. The van der Waals surface area contributed by atoms with E-state index in [-0.39, 0.29) is 17.4 Å². The lowest BCUT2D eigenvalue weighted by Gasteiger charge is -2.32. The Labute approximate surface area is 119 Å². The predicted molar refractivity (Wildman–Crippen MR) is 75.1 cm³/mol. The number of hydrogen-bond donors (Lipinski definition) is 1. The molecule has 2 heterocycles. The summed E-state index contributed by atoms with van der Waals surface area (Å²) in [4.78, 5) is 17.8. The summed E-state index contributed by atoms with van der Waals surface area (Å²) in [5.41, 5.74) is -0.119. The first-order chi connectivity index (χ1) is 9.34. The Balaban J connectivity index is 1.92. The zero-order chi connectivity index (χ0) is 14.8. The van der Waals surface area contributed by atoms with Crippen molar-refractivity contribution in [3.8, 4) is 0 Å². The first kappa shape index (κ1) is 15.0. The molecule has 6 nitrogen and oxygen atoms in total.